The van der Waals surface area contributed by atoms with Gasteiger partial charge in [-0.2, -0.15) is 0 Å². The number of halogens is 3. The normalized spacial score (nSPS) is 16.6. The van der Waals surface area contributed by atoms with Crippen molar-refractivity contribution in [2.45, 2.75) is 19.9 Å². The highest BCUT2D eigenvalue weighted by atomic mass is 35.5. The molecule has 10 heteroatoms. The zero-order valence-corrected chi connectivity index (χ0v) is 16.6. The van der Waals surface area contributed by atoms with E-state index in [-0.39, 0.29) is 17.4 Å². The smallest absolute Gasteiger partial charge is 0.434 e. The first kappa shape index (κ1) is 19.6. The van der Waals surface area contributed by atoms with Crippen molar-refractivity contribution in [3.63, 3.8) is 0 Å². The molecule has 0 radical (unpaired) electrons. The Bertz CT molecular complexity index is 945. The Labute approximate surface area is 168 Å². The zero-order valence-electron chi connectivity index (χ0n) is 14.3. The van der Waals surface area contributed by atoms with Crippen LogP contribution < -0.4 is 5.32 Å². The summed E-state index contributed by atoms with van der Waals surface area (Å²) in [5.74, 6) is 0.144. The van der Waals surface area contributed by atoms with E-state index in [2.05, 4.69) is 15.3 Å². The van der Waals surface area contributed by atoms with E-state index in [0.29, 0.717) is 27.3 Å². The number of aliphatic imine (C=N–C) groups is 1. The Hall–Kier alpha value is -2.16. The van der Waals surface area contributed by atoms with Gasteiger partial charge in [-0.05, 0) is 26.0 Å². The topological polar surface area (TPSA) is 72.8 Å². The Morgan fingerprint density at radius 2 is 2.19 bits per heavy atom. The lowest BCUT2D eigenvalue weighted by Crippen LogP contribution is -2.31. The van der Waals surface area contributed by atoms with Gasteiger partial charge in [0.25, 0.3) is 0 Å². The maximum atomic E-state index is 13.5. The molecular weight excluding hydrogens is 416 g/mol. The molecule has 0 saturated carbocycles. The molecule has 1 aromatic carbocycles. The standard InChI is InChI=1S/C17H14Cl2FN3O3S/c1-3-25-17(24)26-14-8(2)21-15(12-7-27-16(19)22-12)23-13(14)10-5-4-9(20)6-11(10)18/h4-7,13H,3H2,1-2H3,(H,21,23). The summed E-state index contributed by atoms with van der Waals surface area (Å²) < 4.78 is 24.0. The maximum absolute atomic E-state index is 13.5. The lowest BCUT2D eigenvalue weighted by Gasteiger charge is -2.26. The second-order valence-corrected chi connectivity index (χ2v) is 7.28. The van der Waals surface area contributed by atoms with Crippen LogP contribution >= 0.6 is 34.5 Å². The van der Waals surface area contributed by atoms with Crippen molar-refractivity contribution < 1.29 is 18.7 Å². The molecule has 0 bridgehead atoms. The zero-order chi connectivity index (χ0) is 19.6. The summed E-state index contributed by atoms with van der Waals surface area (Å²) in [6.07, 6.45) is -0.868. The van der Waals surface area contributed by atoms with Gasteiger partial charge in [0.05, 0.1) is 12.3 Å². The summed E-state index contributed by atoms with van der Waals surface area (Å²) in [5.41, 5.74) is 1.52. The molecule has 0 spiro atoms. The van der Waals surface area contributed by atoms with Crippen LogP contribution in [0.15, 0.2) is 40.0 Å². The number of carbonyl (C=O) groups is 1. The van der Waals surface area contributed by atoms with Gasteiger partial charge in [0.15, 0.2) is 16.1 Å². The minimum absolute atomic E-state index is 0.152. The minimum atomic E-state index is -0.868. The number of amidine groups is 1. The molecular formula is C17H14Cl2FN3O3S. The van der Waals surface area contributed by atoms with Gasteiger partial charge in [-0.25, -0.2) is 19.2 Å². The van der Waals surface area contributed by atoms with Gasteiger partial charge < -0.3 is 14.8 Å². The molecule has 2 aromatic rings. The van der Waals surface area contributed by atoms with Crippen molar-refractivity contribution in [1.29, 1.82) is 0 Å². The van der Waals surface area contributed by atoms with Crippen molar-refractivity contribution >= 4 is 46.5 Å². The molecule has 6 nitrogen and oxygen atoms in total. The number of thiazole rings is 1. The quantitative estimate of drug-likeness (QED) is 0.685. The Morgan fingerprint density at radius 3 is 2.81 bits per heavy atom. The molecule has 142 valence electrons. The van der Waals surface area contributed by atoms with Gasteiger partial charge in [0.1, 0.15) is 17.6 Å². The van der Waals surface area contributed by atoms with E-state index in [0.717, 1.165) is 0 Å². The number of nitrogens with zero attached hydrogens (tertiary/aromatic N) is 2. The number of aromatic nitrogens is 1. The number of nitrogens with one attached hydrogen (secondary N) is 1. The summed E-state index contributed by atoms with van der Waals surface area (Å²) >= 11 is 13.4. The van der Waals surface area contributed by atoms with E-state index in [4.69, 9.17) is 32.7 Å². The molecule has 1 aromatic heterocycles. The van der Waals surface area contributed by atoms with Gasteiger partial charge >= 0.3 is 6.16 Å². The lowest BCUT2D eigenvalue weighted by molar-refractivity contribution is 0.0763. The molecule has 1 unspecified atom stereocenters. The molecule has 1 N–H and O–H groups in total. The van der Waals surface area contributed by atoms with Gasteiger partial charge in [0.2, 0.25) is 0 Å². The van der Waals surface area contributed by atoms with Crippen LogP contribution in [0.25, 0.3) is 0 Å². The first-order valence-corrected chi connectivity index (χ1v) is 9.49. The van der Waals surface area contributed by atoms with Crippen LogP contribution in [0.5, 0.6) is 0 Å². The van der Waals surface area contributed by atoms with Gasteiger partial charge in [0, 0.05) is 16.0 Å². The molecule has 0 fully saturated rings. The third-order valence-corrected chi connectivity index (χ3v) is 4.92. The highest BCUT2D eigenvalue weighted by Crippen LogP contribution is 2.36. The second-order valence-electron chi connectivity index (χ2n) is 5.43. The van der Waals surface area contributed by atoms with Crippen molar-refractivity contribution in [1.82, 2.24) is 10.3 Å². The Balaban J connectivity index is 2.05. The number of ether oxygens (including phenoxy) is 2. The van der Waals surface area contributed by atoms with Crippen LogP contribution in [0.4, 0.5) is 9.18 Å². The van der Waals surface area contributed by atoms with Gasteiger partial charge in [-0.1, -0.05) is 29.3 Å². The van der Waals surface area contributed by atoms with Gasteiger partial charge in [-0.15, -0.1) is 11.3 Å². The number of benzene rings is 1. The molecule has 27 heavy (non-hydrogen) atoms. The third kappa shape index (κ3) is 4.40. The Morgan fingerprint density at radius 1 is 1.41 bits per heavy atom. The van der Waals surface area contributed by atoms with E-state index in [9.17, 15) is 9.18 Å². The fourth-order valence-corrected chi connectivity index (χ4v) is 3.48. The summed E-state index contributed by atoms with van der Waals surface area (Å²) in [5, 5.41) is 4.93. The summed E-state index contributed by atoms with van der Waals surface area (Å²) in [7, 11) is 0. The second kappa shape index (κ2) is 8.24. The molecule has 1 aliphatic heterocycles. The van der Waals surface area contributed by atoms with Crippen LogP contribution in [-0.2, 0) is 9.47 Å². The van der Waals surface area contributed by atoms with Crippen molar-refractivity contribution in [2.24, 2.45) is 4.99 Å². The maximum Gasteiger partial charge on any atom is 0.513 e. The number of carbonyl (C=O) groups excluding carboxylic acids is 1. The van der Waals surface area contributed by atoms with Crippen LogP contribution in [-0.4, -0.2) is 23.6 Å². The number of allylic oxidation sites excluding steroid dienone is 1. The minimum Gasteiger partial charge on any atom is -0.434 e. The van der Waals surface area contributed by atoms with E-state index < -0.39 is 18.0 Å². The van der Waals surface area contributed by atoms with Crippen molar-refractivity contribution in [3.8, 4) is 0 Å². The monoisotopic (exact) mass is 429 g/mol. The van der Waals surface area contributed by atoms with Crippen molar-refractivity contribution in [2.75, 3.05) is 6.61 Å². The van der Waals surface area contributed by atoms with Crippen LogP contribution in [0.3, 0.4) is 0 Å². The average molecular weight is 430 g/mol. The molecule has 0 amide bonds. The van der Waals surface area contributed by atoms with Crippen molar-refractivity contribution in [3.05, 3.63) is 61.6 Å². The first-order valence-electron chi connectivity index (χ1n) is 7.85. The molecule has 3 rings (SSSR count). The molecule has 2 heterocycles. The average Bonchev–Trinajstić information content (AvgIpc) is 3.03. The third-order valence-electron chi connectivity index (χ3n) is 3.61. The number of hydrogen-bond donors (Lipinski definition) is 1. The summed E-state index contributed by atoms with van der Waals surface area (Å²) in [6, 6.07) is 3.13. The highest BCUT2D eigenvalue weighted by molar-refractivity contribution is 7.14. The van der Waals surface area contributed by atoms with Crippen LogP contribution in [0.2, 0.25) is 9.49 Å². The summed E-state index contributed by atoms with van der Waals surface area (Å²) in [4.78, 5) is 20.6. The number of rotatable bonds is 4. The van der Waals surface area contributed by atoms with Crippen LogP contribution in [0, 0.1) is 5.82 Å². The highest BCUT2D eigenvalue weighted by Gasteiger charge is 2.30. The molecule has 0 saturated heterocycles. The first-order chi connectivity index (χ1) is 12.9. The fourth-order valence-electron chi connectivity index (χ4n) is 2.46. The number of hydrogen-bond acceptors (Lipinski definition) is 7. The lowest BCUT2D eigenvalue weighted by atomic mass is 10.0. The predicted octanol–water partition coefficient (Wildman–Crippen LogP) is 5.08. The van der Waals surface area contributed by atoms with E-state index in [1.165, 1.54) is 29.5 Å². The Kier molecular flexibility index (Phi) is 5.98. The largest absolute Gasteiger partial charge is 0.513 e. The summed E-state index contributed by atoms with van der Waals surface area (Å²) in [6.45, 7) is 3.53. The van der Waals surface area contributed by atoms with Gasteiger partial charge in [-0.3, -0.25) is 0 Å². The molecule has 1 atom stereocenters. The molecule has 0 aliphatic carbocycles. The predicted molar refractivity (Wildman–Crippen MR) is 102 cm³/mol. The fraction of sp³-hybridized carbons (Fsp3) is 0.235. The van der Waals surface area contributed by atoms with Crippen LogP contribution in [0.1, 0.15) is 31.1 Å². The van der Waals surface area contributed by atoms with E-state index in [1.54, 1.807) is 19.2 Å². The van der Waals surface area contributed by atoms with E-state index in [1.807, 2.05) is 0 Å². The van der Waals surface area contributed by atoms with E-state index >= 15 is 0 Å². The molecule has 1 aliphatic rings. The SMILES string of the molecule is CCOC(=O)OC1=C(C)NC(c2csc(Cl)n2)=NC1c1ccc(F)cc1Cl.